The van der Waals surface area contributed by atoms with Gasteiger partial charge in [-0.2, -0.15) is 0 Å². The molecule has 0 aliphatic carbocycles. The second kappa shape index (κ2) is 7.61. The van der Waals surface area contributed by atoms with Crippen molar-refractivity contribution in [1.29, 1.82) is 0 Å². The first-order valence-electron chi connectivity index (χ1n) is 8.21. The lowest BCUT2D eigenvalue weighted by atomic mass is 10.1. The molecule has 0 radical (unpaired) electrons. The van der Waals surface area contributed by atoms with E-state index in [9.17, 15) is 4.79 Å². The maximum atomic E-state index is 12.2. The summed E-state index contributed by atoms with van der Waals surface area (Å²) in [5, 5.41) is 11.7. The number of thioether (sulfide) groups is 1. The molecule has 3 N–H and O–H groups in total. The number of nitrogens with two attached hydrogens (primary N) is 1. The quantitative estimate of drug-likeness (QED) is 0.534. The fourth-order valence-electron chi connectivity index (χ4n) is 2.76. The van der Waals surface area contributed by atoms with Crippen LogP contribution in [0, 0.1) is 20.8 Å². The summed E-state index contributed by atoms with van der Waals surface area (Å²) >= 11 is 1.26. The van der Waals surface area contributed by atoms with Crippen LogP contribution in [0.4, 0.5) is 5.69 Å². The number of carbonyl (C=O) groups is 1. The van der Waals surface area contributed by atoms with Gasteiger partial charge in [0.1, 0.15) is 0 Å². The third kappa shape index (κ3) is 4.05. The number of nitrogen functional groups attached to an aromatic ring is 1. The van der Waals surface area contributed by atoms with Gasteiger partial charge in [0.25, 0.3) is 0 Å². The Bertz CT molecular complexity index is 931. The predicted molar refractivity (Wildman–Crippen MR) is 106 cm³/mol. The minimum absolute atomic E-state index is 0.111. The Labute approximate surface area is 156 Å². The van der Waals surface area contributed by atoms with Crippen LogP contribution in [-0.2, 0) is 4.79 Å². The molecule has 0 unspecified atom stereocenters. The Kier molecular flexibility index (Phi) is 5.27. The van der Waals surface area contributed by atoms with Crippen molar-refractivity contribution in [3.63, 3.8) is 0 Å². The van der Waals surface area contributed by atoms with E-state index >= 15 is 0 Å². The van der Waals surface area contributed by atoms with Crippen molar-refractivity contribution in [2.24, 2.45) is 0 Å². The minimum atomic E-state index is -0.111. The topological polar surface area (TPSA) is 85.8 Å². The molecule has 0 saturated heterocycles. The summed E-state index contributed by atoms with van der Waals surface area (Å²) in [5.41, 5.74) is 5.00. The van der Waals surface area contributed by atoms with Gasteiger partial charge in [-0.3, -0.25) is 4.79 Å². The first-order valence-corrected chi connectivity index (χ1v) is 9.20. The van der Waals surface area contributed by atoms with Gasteiger partial charge in [0, 0.05) is 11.3 Å². The zero-order chi connectivity index (χ0) is 18.7. The summed E-state index contributed by atoms with van der Waals surface area (Å²) in [6.45, 7) is 6.00. The lowest BCUT2D eigenvalue weighted by Gasteiger charge is -2.08. The molecule has 0 atom stereocenters. The Hall–Kier alpha value is -2.80. The zero-order valence-electron chi connectivity index (χ0n) is 15.0. The van der Waals surface area contributed by atoms with Crippen molar-refractivity contribution in [1.82, 2.24) is 14.9 Å². The molecule has 3 rings (SSSR count). The summed E-state index contributed by atoms with van der Waals surface area (Å²) in [5.74, 6) is 6.80. The maximum absolute atomic E-state index is 12.2. The number of amides is 1. The van der Waals surface area contributed by atoms with Gasteiger partial charge in [0.05, 0.1) is 5.75 Å². The molecule has 0 saturated carbocycles. The van der Waals surface area contributed by atoms with Gasteiger partial charge >= 0.3 is 0 Å². The van der Waals surface area contributed by atoms with E-state index in [1.54, 1.807) is 0 Å². The lowest BCUT2D eigenvalue weighted by molar-refractivity contribution is -0.113. The van der Waals surface area contributed by atoms with Crippen LogP contribution in [0.1, 0.15) is 16.7 Å². The van der Waals surface area contributed by atoms with Crippen LogP contribution in [-0.4, -0.2) is 26.5 Å². The van der Waals surface area contributed by atoms with Crippen molar-refractivity contribution in [3.05, 3.63) is 59.2 Å². The average molecular weight is 367 g/mol. The highest BCUT2D eigenvalue weighted by atomic mass is 32.2. The third-order valence-corrected chi connectivity index (χ3v) is 4.83. The van der Waals surface area contributed by atoms with Crippen molar-refractivity contribution in [2.45, 2.75) is 25.9 Å². The van der Waals surface area contributed by atoms with Crippen molar-refractivity contribution in [2.75, 3.05) is 16.9 Å². The molecule has 2 aromatic carbocycles. The number of hydrogen-bond donors (Lipinski definition) is 2. The number of carbonyl (C=O) groups excluding carboxylic acids is 1. The van der Waals surface area contributed by atoms with Crippen LogP contribution in [0.15, 0.2) is 47.6 Å². The van der Waals surface area contributed by atoms with Gasteiger partial charge in [0.15, 0.2) is 5.82 Å². The lowest BCUT2D eigenvalue weighted by Crippen LogP contribution is -2.16. The Balaban J connectivity index is 1.67. The highest BCUT2D eigenvalue weighted by Crippen LogP contribution is 2.24. The van der Waals surface area contributed by atoms with Gasteiger partial charge in [-0.15, -0.1) is 10.2 Å². The van der Waals surface area contributed by atoms with E-state index in [1.807, 2.05) is 57.2 Å². The largest absolute Gasteiger partial charge is 0.335 e. The van der Waals surface area contributed by atoms with E-state index in [2.05, 4.69) is 21.6 Å². The number of benzene rings is 2. The number of nitrogens with zero attached hydrogens (tertiary/aromatic N) is 3. The number of rotatable bonds is 5. The molecule has 1 aromatic heterocycles. The van der Waals surface area contributed by atoms with E-state index in [0.717, 1.165) is 27.9 Å². The van der Waals surface area contributed by atoms with Gasteiger partial charge in [-0.1, -0.05) is 42.1 Å². The van der Waals surface area contributed by atoms with E-state index in [-0.39, 0.29) is 11.7 Å². The minimum Gasteiger partial charge on any atom is -0.335 e. The number of nitrogens with one attached hydrogen (secondary N) is 1. The number of hydrogen-bond acceptors (Lipinski definition) is 5. The SMILES string of the molecule is Cc1cc(C)cc(NC(=O)CSc2nnc(-c3ccccc3C)n2N)c1. The summed E-state index contributed by atoms with van der Waals surface area (Å²) in [6, 6.07) is 13.8. The van der Waals surface area contributed by atoms with E-state index < -0.39 is 0 Å². The second-order valence-electron chi connectivity index (χ2n) is 6.20. The highest BCUT2D eigenvalue weighted by Gasteiger charge is 2.15. The van der Waals surface area contributed by atoms with Gasteiger partial charge < -0.3 is 11.2 Å². The van der Waals surface area contributed by atoms with Gasteiger partial charge in [-0.05, 0) is 49.6 Å². The number of aromatic nitrogens is 3. The summed E-state index contributed by atoms with van der Waals surface area (Å²) in [7, 11) is 0. The molecule has 0 aliphatic heterocycles. The van der Waals surface area contributed by atoms with Crippen LogP contribution in [0.3, 0.4) is 0 Å². The Morgan fingerprint density at radius 3 is 2.50 bits per heavy atom. The second-order valence-corrected chi connectivity index (χ2v) is 7.15. The van der Waals surface area contributed by atoms with Crippen molar-refractivity contribution >= 4 is 23.4 Å². The Morgan fingerprint density at radius 2 is 1.81 bits per heavy atom. The molecule has 26 heavy (non-hydrogen) atoms. The number of aryl methyl sites for hydroxylation is 3. The molecule has 0 bridgehead atoms. The van der Waals surface area contributed by atoms with Crippen molar-refractivity contribution in [3.8, 4) is 11.4 Å². The molecular formula is C19H21N5OS. The fraction of sp³-hybridized carbons (Fsp3) is 0.211. The summed E-state index contributed by atoms with van der Waals surface area (Å²) in [4.78, 5) is 12.2. The van der Waals surface area contributed by atoms with E-state index in [1.165, 1.54) is 16.4 Å². The smallest absolute Gasteiger partial charge is 0.234 e. The summed E-state index contributed by atoms with van der Waals surface area (Å²) in [6.07, 6.45) is 0. The molecule has 7 heteroatoms. The summed E-state index contributed by atoms with van der Waals surface area (Å²) < 4.78 is 1.43. The van der Waals surface area contributed by atoms with Crippen molar-refractivity contribution < 1.29 is 4.79 Å². The predicted octanol–water partition coefficient (Wildman–Crippen LogP) is 3.31. The molecule has 1 heterocycles. The molecule has 0 fully saturated rings. The number of anilines is 1. The molecule has 0 aliphatic rings. The first kappa shape index (κ1) is 18.0. The molecule has 1 amide bonds. The Morgan fingerprint density at radius 1 is 1.12 bits per heavy atom. The van der Waals surface area contributed by atoms with Gasteiger partial charge in [0.2, 0.25) is 11.1 Å². The molecule has 0 spiro atoms. The van der Waals surface area contributed by atoms with Crippen LogP contribution in [0.5, 0.6) is 0 Å². The molecular weight excluding hydrogens is 346 g/mol. The highest BCUT2D eigenvalue weighted by molar-refractivity contribution is 7.99. The van der Waals surface area contributed by atoms with Gasteiger partial charge in [-0.25, -0.2) is 4.68 Å². The standard InChI is InChI=1S/C19H21N5OS/c1-12-8-13(2)10-15(9-12)21-17(25)11-26-19-23-22-18(24(19)20)16-7-5-4-6-14(16)3/h4-10H,11,20H2,1-3H3,(H,21,25). The first-order chi connectivity index (χ1) is 12.4. The monoisotopic (exact) mass is 367 g/mol. The van der Waals surface area contributed by atoms with Crippen LogP contribution < -0.4 is 11.2 Å². The molecule has 3 aromatic rings. The van der Waals surface area contributed by atoms with Crippen LogP contribution in [0.2, 0.25) is 0 Å². The zero-order valence-corrected chi connectivity index (χ0v) is 15.8. The van der Waals surface area contributed by atoms with Crippen LogP contribution in [0.25, 0.3) is 11.4 Å². The normalized spacial score (nSPS) is 10.7. The maximum Gasteiger partial charge on any atom is 0.234 e. The molecule has 6 nitrogen and oxygen atoms in total. The van der Waals surface area contributed by atoms with E-state index in [4.69, 9.17) is 5.84 Å². The third-order valence-electron chi connectivity index (χ3n) is 3.89. The fourth-order valence-corrected chi connectivity index (χ4v) is 3.41. The van der Waals surface area contributed by atoms with E-state index in [0.29, 0.717) is 11.0 Å². The van der Waals surface area contributed by atoms with Crippen LogP contribution >= 0.6 is 11.8 Å². The average Bonchev–Trinajstić information content (AvgIpc) is 2.93. The molecule has 134 valence electrons.